The maximum atomic E-state index is 8.92. The van der Waals surface area contributed by atoms with Crippen molar-refractivity contribution in [2.24, 2.45) is 4.99 Å². The third kappa shape index (κ3) is 9.57. The van der Waals surface area contributed by atoms with Gasteiger partial charge in [-0.2, -0.15) is 4.99 Å². The number of hydrogen-bond acceptors (Lipinski definition) is 5. The lowest BCUT2D eigenvalue weighted by Crippen LogP contribution is -2.68. The topological polar surface area (TPSA) is 100 Å². The normalized spacial score (nSPS) is 25.9. The van der Waals surface area contributed by atoms with Crippen LogP contribution in [0, 0.1) is 5.41 Å². The number of guanidine groups is 2. The number of nitrogens with zero attached hydrogens (tertiary/aromatic N) is 3. The fourth-order valence-corrected chi connectivity index (χ4v) is 7.83. The zero-order chi connectivity index (χ0) is 29.8. The molecule has 0 aromatic heterocycles. The van der Waals surface area contributed by atoms with Crippen molar-refractivity contribution in [3.63, 3.8) is 0 Å². The van der Waals surface area contributed by atoms with Crippen molar-refractivity contribution in [3.05, 3.63) is 0 Å². The smallest absolute Gasteiger partial charge is 0.221 e. The van der Waals surface area contributed by atoms with Crippen molar-refractivity contribution in [1.29, 1.82) is 5.41 Å². The van der Waals surface area contributed by atoms with Crippen LogP contribution in [0.3, 0.4) is 0 Å². The number of nitrogens with one attached hydrogen (secondary N) is 5. The summed E-state index contributed by atoms with van der Waals surface area (Å²) in [5, 5.41) is 24.3. The van der Waals surface area contributed by atoms with Crippen molar-refractivity contribution >= 4 is 11.9 Å². The van der Waals surface area contributed by atoms with E-state index in [1.807, 2.05) is 11.9 Å². The molecule has 232 valence electrons. The van der Waals surface area contributed by atoms with E-state index in [4.69, 9.17) is 15.1 Å². The molecule has 3 heterocycles. The van der Waals surface area contributed by atoms with Crippen LogP contribution in [-0.2, 0) is 4.74 Å². The van der Waals surface area contributed by atoms with Gasteiger partial charge in [0, 0.05) is 54.4 Å². The van der Waals surface area contributed by atoms with Gasteiger partial charge in [-0.05, 0) is 87.5 Å². The Kier molecular flexibility index (Phi) is 11.0. The quantitative estimate of drug-likeness (QED) is 0.131. The predicted octanol–water partition coefficient (Wildman–Crippen LogP) is 4.25. The first-order chi connectivity index (χ1) is 18.6. The Labute approximate surface area is 245 Å². The lowest BCUT2D eigenvalue weighted by atomic mass is 9.78. The third-order valence-corrected chi connectivity index (χ3v) is 8.59. The zero-order valence-electron chi connectivity index (χ0n) is 27.5. The van der Waals surface area contributed by atoms with Crippen molar-refractivity contribution in [2.75, 3.05) is 33.4 Å². The summed E-state index contributed by atoms with van der Waals surface area (Å²) in [6.07, 6.45) is 8.93. The molecule has 0 spiro atoms. The molecular formula is C31H62N8O. The van der Waals surface area contributed by atoms with Crippen LogP contribution < -0.4 is 21.3 Å². The average Bonchev–Trinajstić information content (AvgIpc) is 2.80. The number of piperidine rings is 2. The van der Waals surface area contributed by atoms with Crippen LogP contribution in [0.5, 0.6) is 0 Å². The van der Waals surface area contributed by atoms with Crippen LogP contribution in [0.15, 0.2) is 4.99 Å². The number of hydrogen-bond donors (Lipinski definition) is 5. The number of ether oxygens (including phenoxy) is 1. The minimum atomic E-state index is -0.00601. The summed E-state index contributed by atoms with van der Waals surface area (Å²) in [6, 6.07) is 0.664. The Morgan fingerprint density at radius 1 is 0.925 bits per heavy atom. The Hall–Kier alpha value is -1.42. The maximum Gasteiger partial charge on any atom is 0.221 e. The average molecular weight is 563 g/mol. The van der Waals surface area contributed by atoms with E-state index >= 15 is 0 Å². The lowest BCUT2D eigenvalue weighted by molar-refractivity contribution is 0.0542. The standard InChI is InChI=1S/C31H62N8O/c1-11-12-13-14-25(34-23-19-28(2,3)36-29(4,5)20-23)39(24-21-30(6,7)37-31(8,9)22-24)27(33-10)35-26(32)38-15-17-40-18-16-38/h23-25,34,36-37H,11-22H2,1-10H3,(H2,32,33,35). The molecule has 3 rings (SSSR count). The predicted molar refractivity (Wildman–Crippen MR) is 168 cm³/mol. The molecule has 40 heavy (non-hydrogen) atoms. The molecule has 0 amide bonds. The monoisotopic (exact) mass is 563 g/mol. The molecular weight excluding hydrogens is 500 g/mol. The van der Waals surface area contributed by atoms with Crippen LogP contribution in [-0.4, -0.2) is 95.5 Å². The highest BCUT2D eigenvalue weighted by atomic mass is 16.5. The van der Waals surface area contributed by atoms with Crippen LogP contribution in [0.25, 0.3) is 0 Å². The van der Waals surface area contributed by atoms with Gasteiger partial charge in [0.2, 0.25) is 11.9 Å². The summed E-state index contributed by atoms with van der Waals surface area (Å²) in [6.45, 7) is 23.6. The minimum absolute atomic E-state index is 0.00601. The van der Waals surface area contributed by atoms with Crippen molar-refractivity contribution in [3.8, 4) is 0 Å². The van der Waals surface area contributed by atoms with Gasteiger partial charge in [-0.3, -0.25) is 10.7 Å². The van der Waals surface area contributed by atoms with E-state index in [0.717, 1.165) is 44.5 Å². The summed E-state index contributed by atoms with van der Waals surface area (Å²) >= 11 is 0. The Morgan fingerprint density at radius 2 is 1.45 bits per heavy atom. The molecule has 3 fully saturated rings. The number of aliphatic imine (C=N–C) groups is 1. The van der Waals surface area contributed by atoms with Crippen molar-refractivity contribution < 1.29 is 4.74 Å². The van der Waals surface area contributed by atoms with Crippen LogP contribution in [0.2, 0.25) is 0 Å². The number of rotatable bonds is 8. The first kappa shape index (κ1) is 33.1. The first-order valence-corrected chi connectivity index (χ1v) is 15.9. The van der Waals surface area contributed by atoms with E-state index in [-0.39, 0.29) is 34.4 Å². The highest BCUT2D eigenvalue weighted by Crippen LogP contribution is 2.34. The van der Waals surface area contributed by atoms with E-state index in [1.165, 1.54) is 12.8 Å². The van der Waals surface area contributed by atoms with Crippen molar-refractivity contribution in [1.82, 2.24) is 31.1 Å². The van der Waals surface area contributed by atoms with Gasteiger partial charge in [0.05, 0.1) is 19.4 Å². The fourth-order valence-electron chi connectivity index (χ4n) is 7.83. The largest absolute Gasteiger partial charge is 0.378 e. The molecule has 0 aliphatic carbocycles. The van der Waals surface area contributed by atoms with Gasteiger partial charge in [0.15, 0.2) is 0 Å². The van der Waals surface area contributed by atoms with E-state index in [9.17, 15) is 0 Å². The van der Waals surface area contributed by atoms with Crippen molar-refractivity contribution in [2.45, 2.75) is 154 Å². The molecule has 0 aromatic rings. The van der Waals surface area contributed by atoms with Gasteiger partial charge in [0.25, 0.3) is 0 Å². The van der Waals surface area contributed by atoms with E-state index in [0.29, 0.717) is 38.3 Å². The van der Waals surface area contributed by atoms with E-state index in [1.54, 1.807) is 0 Å². The number of unbranched alkanes of at least 4 members (excludes halogenated alkanes) is 2. The second-order valence-electron chi connectivity index (χ2n) is 15.1. The second kappa shape index (κ2) is 13.3. The summed E-state index contributed by atoms with van der Waals surface area (Å²) in [5.41, 5.74) is 0.118. The van der Waals surface area contributed by atoms with Crippen LogP contribution >= 0.6 is 0 Å². The molecule has 1 unspecified atom stereocenters. The second-order valence-corrected chi connectivity index (χ2v) is 15.1. The van der Waals surface area contributed by atoms with Gasteiger partial charge in [0.1, 0.15) is 0 Å². The summed E-state index contributed by atoms with van der Waals surface area (Å²) in [5.74, 6) is 1.12. The summed E-state index contributed by atoms with van der Waals surface area (Å²) in [4.78, 5) is 9.57. The zero-order valence-corrected chi connectivity index (χ0v) is 27.5. The van der Waals surface area contributed by atoms with E-state index in [2.05, 4.69) is 88.5 Å². The molecule has 3 aliphatic heterocycles. The summed E-state index contributed by atoms with van der Waals surface area (Å²) < 4.78 is 5.55. The molecule has 9 heteroatoms. The lowest BCUT2D eigenvalue weighted by Gasteiger charge is -2.53. The molecule has 5 N–H and O–H groups in total. The first-order valence-electron chi connectivity index (χ1n) is 15.9. The molecule has 0 saturated carbocycles. The molecule has 1 atom stereocenters. The van der Waals surface area contributed by atoms with Crippen LogP contribution in [0.1, 0.15) is 114 Å². The molecule has 3 aliphatic rings. The summed E-state index contributed by atoms with van der Waals surface area (Å²) in [7, 11) is 1.97. The number of morpholine rings is 1. The third-order valence-electron chi connectivity index (χ3n) is 8.59. The molecule has 0 aromatic carbocycles. The molecule has 0 bridgehead atoms. The fraction of sp³-hybridized carbons (Fsp3) is 0.935. The van der Waals surface area contributed by atoms with Gasteiger partial charge < -0.3 is 30.5 Å². The minimum Gasteiger partial charge on any atom is -0.378 e. The molecule has 9 nitrogen and oxygen atoms in total. The maximum absolute atomic E-state index is 8.92. The Morgan fingerprint density at radius 3 is 1.95 bits per heavy atom. The van der Waals surface area contributed by atoms with Crippen LogP contribution in [0.4, 0.5) is 0 Å². The van der Waals surface area contributed by atoms with Gasteiger partial charge >= 0.3 is 0 Å². The van der Waals surface area contributed by atoms with Gasteiger partial charge in [-0.15, -0.1) is 0 Å². The molecule has 0 radical (unpaired) electrons. The Balaban J connectivity index is 2.02. The van der Waals surface area contributed by atoms with Gasteiger partial charge in [-0.25, -0.2) is 0 Å². The Bertz CT molecular complexity index is 829. The van der Waals surface area contributed by atoms with E-state index < -0.39 is 0 Å². The molecule has 3 saturated heterocycles. The SMILES string of the molecule is CCCCCC(NC1CC(C)(C)NC(C)(C)C1)N(/C(=N/C(=N)N1CCOCC1)NC)C1CC(C)(C)NC(C)(C)C1. The highest BCUT2D eigenvalue weighted by Gasteiger charge is 2.44. The highest BCUT2D eigenvalue weighted by molar-refractivity contribution is 5.93. The van der Waals surface area contributed by atoms with Gasteiger partial charge in [-0.1, -0.05) is 26.2 Å².